The third kappa shape index (κ3) is 2.62. The SMILES string of the molecule is C=C1c2cc3c(cc2CCN1C(=O)C1(c2ccc(Cl)cc2)CCCC1)OCO3. The molecule has 2 heterocycles. The lowest BCUT2D eigenvalue weighted by Gasteiger charge is -2.38. The highest BCUT2D eigenvalue weighted by atomic mass is 35.5. The highest BCUT2D eigenvalue weighted by Crippen LogP contribution is 2.46. The second-order valence-electron chi connectivity index (χ2n) is 7.81. The van der Waals surface area contributed by atoms with Crippen LogP contribution >= 0.6 is 11.6 Å². The second kappa shape index (κ2) is 6.56. The van der Waals surface area contributed by atoms with E-state index >= 15 is 0 Å². The fourth-order valence-corrected chi connectivity index (χ4v) is 4.95. The molecule has 2 aliphatic heterocycles. The van der Waals surface area contributed by atoms with E-state index in [0.29, 0.717) is 11.6 Å². The normalized spacial score (nSPS) is 19.6. The van der Waals surface area contributed by atoms with Gasteiger partial charge in [0.1, 0.15) is 0 Å². The zero-order chi connectivity index (χ0) is 19.3. The van der Waals surface area contributed by atoms with E-state index in [2.05, 4.69) is 6.58 Å². The first-order valence-corrected chi connectivity index (χ1v) is 10.2. The molecule has 28 heavy (non-hydrogen) atoms. The molecule has 1 aliphatic carbocycles. The minimum atomic E-state index is -0.485. The van der Waals surface area contributed by atoms with Crippen LogP contribution in [0.5, 0.6) is 11.5 Å². The maximum absolute atomic E-state index is 13.8. The van der Waals surface area contributed by atoms with E-state index in [0.717, 1.165) is 66.0 Å². The van der Waals surface area contributed by atoms with Gasteiger partial charge in [-0.05, 0) is 54.7 Å². The van der Waals surface area contributed by atoms with Crippen LogP contribution in [0, 0.1) is 0 Å². The molecule has 3 aliphatic rings. The number of hydrogen-bond acceptors (Lipinski definition) is 3. The summed E-state index contributed by atoms with van der Waals surface area (Å²) in [4.78, 5) is 15.7. The Kier molecular flexibility index (Phi) is 4.13. The number of benzene rings is 2. The van der Waals surface area contributed by atoms with E-state index in [1.807, 2.05) is 41.3 Å². The van der Waals surface area contributed by atoms with Crippen LogP contribution in [0.4, 0.5) is 0 Å². The van der Waals surface area contributed by atoms with Gasteiger partial charge in [0.25, 0.3) is 0 Å². The zero-order valence-electron chi connectivity index (χ0n) is 15.7. The lowest BCUT2D eigenvalue weighted by Crippen LogP contribution is -2.46. The highest BCUT2D eigenvalue weighted by Gasteiger charge is 2.46. The van der Waals surface area contributed by atoms with Crippen LogP contribution in [0.2, 0.25) is 5.02 Å². The van der Waals surface area contributed by atoms with E-state index < -0.39 is 5.41 Å². The van der Waals surface area contributed by atoms with Gasteiger partial charge in [0.2, 0.25) is 12.7 Å². The molecule has 5 heteroatoms. The minimum Gasteiger partial charge on any atom is -0.454 e. The van der Waals surface area contributed by atoms with Crippen molar-refractivity contribution >= 4 is 23.2 Å². The highest BCUT2D eigenvalue weighted by molar-refractivity contribution is 6.30. The monoisotopic (exact) mass is 395 g/mol. The number of halogens is 1. The quantitative estimate of drug-likeness (QED) is 0.723. The molecule has 0 bridgehead atoms. The molecule has 144 valence electrons. The molecular weight excluding hydrogens is 374 g/mol. The smallest absolute Gasteiger partial charge is 0.237 e. The van der Waals surface area contributed by atoms with Crippen LogP contribution in [-0.4, -0.2) is 24.1 Å². The van der Waals surface area contributed by atoms with E-state index in [1.165, 1.54) is 0 Å². The molecule has 0 N–H and O–H groups in total. The standard InChI is InChI=1S/C23H22ClNO3/c1-15-19-13-21-20(27-14-28-21)12-16(19)8-11-25(15)22(26)23(9-2-3-10-23)17-4-6-18(24)7-5-17/h4-7,12-13H,1-3,8-11,14H2. The number of fused-ring (bicyclic) bond motifs is 2. The van der Waals surface area contributed by atoms with Crippen molar-refractivity contribution in [1.82, 2.24) is 4.90 Å². The number of amides is 1. The predicted molar refractivity (Wildman–Crippen MR) is 109 cm³/mol. The Morgan fingerprint density at radius 1 is 1.07 bits per heavy atom. The molecule has 0 spiro atoms. The molecule has 0 saturated heterocycles. The minimum absolute atomic E-state index is 0.153. The van der Waals surface area contributed by atoms with Crippen LogP contribution in [0.15, 0.2) is 43.0 Å². The van der Waals surface area contributed by atoms with Crippen LogP contribution in [0.25, 0.3) is 5.70 Å². The Hall–Kier alpha value is -2.46. The van der Waals surface area contributed by atoms with Crippen LogP contribution in [0.3, 0.4) is 0 Å². The summed E-state index contributed by atoms with van der Waals surface area (Å²) in [5.74, 6) is 1.66. The number of carbonyl (C=O) groups excluding carboxylic acids is 1. The number of hydrogen-bond donors (Lipinski definition) is 0. The van der Waals surface area contributed by atoms with Gasteiger partial charge in [-0.25, -0.2) is 0 Å². The summed E-state index contributed by atoms with van der Waals surface area (Å²) in [6, 6.07) is 11.8. The molecule has 1 saturated carbocycles. The molecule has 2 aromatic carbocycles. The van der Waals surface area contributed by atoms with Gasteiger partial charge in [-0.3, -0.25) is 4.79 Å². The first-order valence-electron chi connectivity index (χ1n) is 9.78. The zero-order valence-corrected chi connectivity index (χ0v) is 16.4. The molecule has 0 aromatic heterocycles. The molecule has 0 radical (unpaired) electrons. The fraction of sp³-hybridized carbons (Fsp3) is 0.348. The maximum Gasteiger partial charge on any atom is 0.237 e. The number of rotatable bonds is 2. The van der Waals surface area contributed by atoms with Crippen molar-refractivity contribution in [3.05, 3.63) is 64.7 Å². The van der Waals surface area contributed by atoms with Crippen molar-refractivity contribution in [2.45, 2.75) is 37.5 Å². The summed E-state index contributed by atoms with van der Waals surface area (Å²) >= 11 is 6.09. The summed E-state index contributed by atoms with van der Waals surface area (Å²) in [6.45, 7) is 5.16. The first-order chi connectivity index (χ1) is 13.6. The molecule has 1 fully saturated rings. The van der Waals surface area contributed by atoms with Gasteiger partial charge < -0.3 is 14.4 Å². The largest absolute Gasteiger partial charge is 0.454 e. The number of carbonyl (C=O) groups is 1. The average molecular weight is 396 g/mol. The molecule has 0 unspecified atom stereocenters. The van der Waals surface area contributed by atoms with E-state index in [1.54, 1.807) is 0 Å². The lowest BCUT2D eigenvalue weighted by molar-refractivity contribution is -0.134. The summed E-state index contributed by atoms with van der Waals surface area (Å²) in [5, 5.41) is 0.691. The van der Waals surface area contributed by atoms with Gasteiger partial charge in [0.05, 0.1) is 5.41 Å². The van der Waals surface area contributed by atoms with Crippen LogP contribution in [-0.2, 0) is 16.6 Å². The van der Waals surface area contributed by atoms with Crippen molar-refractivity contribution in [2.75, 3.05) is 13.3 Å². The van der Waals surface area contributed by atoms with E-state index in [-0.39, 0.29) is 12.7 Å². The number of ether oxygens (including phenoxy) is 2. The van der Waals surface area contributed by atoms with Gasteiger partial charge in [-0.2, -0.15) is 0 Å². The molecule has 5 rings (SSSR count). The average Bonchev–Trinajstić information content (AvgIpc) is 3.37. The van der Waals surface area contributed by atoms with E-state index in [4.69, 9.17) is 21.1 Å². The second-order valence-corrected chi connectivity index (χ2v) is 8.25. The third-order valence-corrected chi connectivity index (χ3v) is 6.60. The first kappa shape index (κ1) is 17.6. The molecular formula is C23H22ClNO3. The lowest BCUT2D eigenvalue weighted by atomic mass is 9.77. The topological polar surface area (TPSA) is 38.8 Å². The number of nitrogens with zero attached hydrogens (tertiary/aromatic N) is 1. The van der Waals surface area contributed by atoms with Crippen molar-refractivity contribution < 1.29 is 14.3 Å². The van der Waals surface area contributed by atoms with Gasteiger partial charge in [-0.1, -0.05) is 43.2 Å². The molecule has 2 aromatic rings. The van der Waals surface area contributed by atoms with Crippen molar-refractivity contribution in [3.63, 3.8) is 0 Å². The molecule has 1 amide bonds. The van der Waals surface area contributed by atoms with Gasteiger partial charge in [-0.15, -0.1) is 0 Å². The molecule has 0 atom stereocenters. The van der Waals surface area contributed by atoms with Crippen molar-refractivity contribution in [1.29, 1.82) is 0 Å². The Bertz CT molecular complexity index is 961. The summed E-state index contributed by atoms with van der Waals surface area (Å²) < 4.78 is 11.0. The van der Waals surface area contributed by atoms with Gasteiger partial charge in [0, 0.05) is 22.8 Å². The van der Waals surface area contributed by atoms with Crippen LogP contribution < -0.4 is 9.47 Å². The fourth-order valence-electron chi connectivity index (χ4n) is 4.83. The third-order valence-electron chi connectivity index (χ3n) is 6.35. The van der Waals surface area contributed by atoms with Gasteiger partial charge >= 0.3 is 0 Å². The van der Waals surface area contributed by atoms with Crippen molar-refractivity contribution in [2.24, 2.45) is 0 Å². The summed E-state index contributed by atoms with van der Waals surface area (Å²) in [6.07, 6.45) is 4.64. The summed E-state index contributed by atoms with van der Waals surface area (Å²) in [5.41, 5.74) is 3.47. The Labute approximate surface area is 169 Å². The Balaban J connectivity index is 1.51. The van der Waals surface area contributed by atoms with Gasteiger partial charge in [0.15, 0.2) is 11.5 Å². The predicted octanol–water partition coefficient (Wildman–Crippen LogP) is 4.94. The maximum atomic E-state index is 13.8. The van der Waals surface area contributed by atoms with E-state index in [9.17, 15) is 4.79 Å². The Morgan fingerprint density at radius 3 is 2.46 bits per heavy atom. The van der Waals surface area contributed by atoms with Crippen LogP contribution in [0.1, 0.15) is 42.4 Å². The molecule has 4 nitrogen and oxygen atoms in total. The Morgan fingerprint density at radius 2 is 1.75 bits per heavy atom. The van der Waals surface area contributed by atoms with Crippen molar-refractivity contribution in [3.8, 4) is 11.5 Å². The summed E-state index contributed by atoms with van der Waals surface area (Å²) in [7, 11) is 0.